The van der Waals surface area contributed by atoms with Gasteiger partial charge in [-0.3, -0.25) is 4.79 Å². The molecule has 0 bridgehead atoms. The monoisotopic (exact) mass is 377 g/mol. The molecule has 1 aromatic carbocycles. The Morgan fingerprint density at radius 2 is 1.96 bits per heavy atom. The van der Waals surface area contributed by atoms with Gasteiger partial charge in [-0.05, 0) is 30.2 Å². The number of ether oxygens (including phenoxy) is 1. The van der Waals surface area contributed by atoms with E-state index >= 15 is 0 Å². The molecule has 1 aliphatic heterocycles. The van der Waals surface area contributed by atoms with Crippen molar-refractivity contribution < 1.29 is 14.3 Å². The highest BCUT2D eigenvalue weighted by atomic mass is 16.5. The van der Waals surface area contributed by atoms with Crippen LogP contribution in [0.2, 0.25) is 0 Å². The largest absolute Gasteiger partial charge is 0.467 e. The number of aromatic nitrogens is 2. The summed E-state index contributed by atoms with van der Waals surface area (Å²) >= 11 is 0. The summed E-state index contributed by atoms with van der Waals surface area (Å²) in [4.78, 5) is 31.5. The van der Waals surface area contributed by atoms with Crippen LogP contribution in [-0.4, -0.2) is 46.0 Å². The Hall–Kier alpha value is -3.15. The molecule has 3 aromatic rings. The van der Waals surface area contributed by atoms with Crippen molar-refractivity contribution in [2.24, 2.45) is 0 Å². The summed E-state index contributed by atoms with van der Waals surface area (Å²) < 4.78 is 7.00. The molecule has 0 N–H and O–H groups in total. The van der Waals surface area contributed by atoms with Crippen molar-refractivity contribution in [3.05, 3.63) is 66.5 Å². The summed E-state index contributed by atoms with van der Waals surface area (Å²) in [6.07, 6.45) is 4.76. The third-order valence-corrected chi connectivity index (χ3v) is 5.48. The van der Waals surface area contributed by atoms with E-state index < -0.39 is 6.04 Å². The Kier molecular flexibility index (Phi) is 5.10. The number of carbonyl (C=O) groups is 2. The molecule has 0 saturated carbocycles. The van der Waals surface area contributed by atoms with Crippen molar-refractivity contribution in [2.75, 3.05) is 13.7 Å². The van der Waals surface area contributed by atoms with Gasteiger partial charge in [0, 0.05) is 43.2 Å². The van der Waals surface area contributed by atoms with E-state index in [4.69, 9.17) is 4.74 Å². The number of hydrogen-bond donors (Lipinski definition) is 0. The van der Waals surface area contributed by atoms with Crippen molar-refractivity contribution in [3.63, 3.8) is 0 Å². The SMILES string of the molecule is COC(=O)C1C(c2ccccc2)CCN1C(=O)CCn1ccc2cccnc21. The molecular weight excluding hydrogens is 354 g/mol. The average Bonchev–Trinajstić information content (AvgIpc) is 3.37. The van der Waals surface area contributed by atoms with Crippen LogP contribution in [0.4, 0.5) is 0 Å². The van der Waals surface area contributed by atoms with Crippen LogP contribution < -0.4 is 0 Å². The number of esters is 1. The maximum Gasteiger partial charge on any atom is 0.329 e. The number of rotatable bonds is 5. The minimum Gasteiger partial charge on any atom is -0.467 e. The Balaban J connectivity index is 1.50. The minimum absolute atomic E-state index is 0.0355. The molecule has 6 nitrogen and oxygen atoms in total. The van der Waals surface area contributed by atoms with Crippen LogP contribution in [0.5, 0.6) is 0 Å². The second-order valence-electron chi connectivity index (χ2n) is 7.04. The van der Waals surface area contributed by atoms with Crippen LogP contribution >= 0.6 is 0 Å². The van der Waals surface area contributed by atoms with E-state index in [1.165, 1.54) is 7.11 Å². The molecular formula is C22H23N3O3. The number of aryl methyl sites for hydroxylation is 1. The van der Waals surface area contributed by atoms with Gasteiger partial charge >= 0.3 is 5.97 Å². The lowest BCUT2D eigenvalue weighted by molar-refractivity contribution is -0.151. The highest BCUT2D eigenvalue weighted by molar-refractivity contribution is 5.86. The lowest BCUT2D eigenvalue weighted by atomic mass is 9.91. The van der Waals surface area contributed by atoms with Crippen LogP contribution in [0.25, 0.3) is 11.0 Å². The van der Waals surface area contributed by atoms with Crippen molar-refractivity contribution in [2.45, 2.75) is 31.3 Å². The number of fused-ring (bicyclic) bond motifs is 1. The minimum atomic E-state index is -0.570. The smallest absolute Gasteiger partial charge is 0.329 e. The molecule has 144 valence electrons. The zero-order valence-corrected chi connectivity index (χ0v) is 15.8. The molecule has 1 amide bonds. The molecule has 4 rings (SSSR count). The quantitative estimate of drug-likeness (QED) is 0.641. The van der Waals surface area contributed by atoms with Crippen LogP contribution in [-0.2, 0) is 20.9 Å². The molecule has 2 unspecified atom stereocenters. The summed E-state index contributed by atoms with van der Waals surface area (Å²) in [5.41, 5.74) is 1.93. The van der Waals surface area contributed by atoms with Crippen molar-refractivity contribution in [3.8, 4) is 0 Å². The lowest BCUT2D eigenvalue weighted by Crippen LogP contribution is -2.43. The van der Waals surface area contributed by atoms with E-state index in [2.05, 4.69) is 4.98 Å². The third-order valence-electron chi connectivity index (χ3n) is 5.48. The standard InChI is InChI=1S/C22H23N3O3/c1-28-22(27)20-18(16-6-3-2-4-7-16)10-15-25(20)19(26)11-14-24-13-9-17-8-5-12-23-21(17)24/h2-9,12-13,18,20H,10-11,14-15H2,1H3. The fourth-order valence-electron chi connectivity index (χ4n) is 4.09. The van der Waals surface area contributed by atoms with E-state index in [0.29, 0.717) is 19.5 Å². The Morgan fingerprint density at radius 3 is 2.75 bits per heavy atom. The zero-order valence-electron chi connectivity index (χ0n) is 15.8. The predicted octanol–water partition coefficient (Wildman–Crippen LogP) is 2.98. The highest BCUT2D eigenvalue weighted by Gasteiger charge is 2.42. The van der Waals surface area contributed by atoms with Crippen molar-refractivity contribution in [1.82, 2.24) is 14.5 Å². The van der Waals surface area contributed by atoms with Gasteiger partial charge in [-0.2, -0.15) is 0 Å². The lowest BCUT2D eigenvalue weighted by Gasteiger charge is -2.26. The van der Waals surface area contributed by atoms with E-state index in [0.717, 1.165) is 23.0 Å². The van der Waals surface area contributed by atoms with Crippen LogP contribution in [0.15, 0.2) is 60.9 Å². The van der Waals surface area contributed by atoms with Gasteiger partial charge in [0.1, 0.15) is 11.7 Å². The predicted molar refractivity (Wildman–Crippen MR) is 106 cm³/mol. The van der Waals surface area contributed by atoms with Gasteiger partial charge in [0.25, 0.3) is 0 Å². The second-order valence-corrected chi connectivity index (χ2v) is 7.04. The summed E-state index contributed by atoms with van der Waals surface area (Å²) in [6.45, 7) is 1.09. The van der Waals surface area contributed by atoms with Gasteiger partial charge in [0.05, 0.1) is 7.11 Å². The Morgan fingerprint density at radius 1 is 1.14 bits per heavy atom. The van der Waals surface area contributed by atoms with Gasteiger partial charge < -0.3 is 14.2 Å². The highest BCUT2D eigenvalue weighted by Crippen LogP contribution is 2.34. The first kappa shape index (κ1) is 18.2. The van der Waals surface area contributed by atoms with Gasteiger partial charge in [0.15, 0.2) is 0 Å². The maximum atomic E-state index is 13.0. The number of hydrogen-bond acceptors (Lipinski definition) is 4. The number of methoxy groups -OCH3 is 1. The topological polar surface area (TPSA) is 64.4 Å². The maximum absolute atomic E-state index is 13.0. The molecule has 0 aliphatic carbocycles. The molecule has 2 atom stereocenters. The number of pyridine rings is 1. The zero-order chi connectivity index (χ0) is 19.5. The summed E-state index contributed by atoms with van der Waals surface area (Å²) in [7, 11) is 1.38. The van der Waals surface area contributed by atoms with E-state index in [9.17, 15) is 9.59 Å². The molecule has 3 heterocycles. The van der Waals surface area contributed by atoms with E-state index in [1.807, 2.05) is 59.3 Å². The number of likely N-dealkylation sites (tertiary alicyclic amines) is 1. The molecule has 1 aliphatic rings. The number of nitrogens with zero attached hydrogens (tertiary/aromatic N) is 3. The molecule has 1 saturated heterocycles. The summed E-state index contributed by atoms with van der Waals surface area (Å²) in [5, 5.41) is 1.05. The van der Waals surface area contributed by atoms with Crippen molar-refractivity contribution >= 4 is 22.9 Å². The number of benzene rings is 1. The van der Waals surface area contributed by atoms with Gasteiger partial charge in [-0.15, -0.1) is 0 Å². The second kappa shape index (κ2) is 7.84. The van der Waals surface area contributed by atoms with Crippen LogP contribution in [0.3, 0.4) is 0 Å². The number of carbonyl (C=O) groups excluding carboxylic acids is 2. The first-order chi connectivity index (χ1) is 13.7. The van der Waals surface area contributed by atoms with Crippen LogP contribution in [0.1, 0.15) is 24.3 Å². The summed E-state index contributed by atoms with van der Waals surface area (Å²) in [5.74, 6) is -0.425. The van der Waals surface area contributed by atoms with Gasteiger partial charge in [0.2, 0.25) is 5.91 Å². The Labute approximate surface area is 163 Å². The Bertz CT molecular complexity index is 983. The molecule has 0 spiro atoms. The third kappa shape index (κ3) is 3.38. The number of amides is 1. The average molecular weight is 377 g/mol. The molecule has 2 aromatic heterocycles. The van der Waals surface area contributed by atoms with E-state index in [1.54, 1.807) is 11.1 Å². The van der Waals surface area contributed by atoms with Crippen molar-refractivity contribution in [1.29, 1.82) is 0 Å². The fourth-order valence-corrected chi connectivity index (χ4v) is 4.09. The normalized spacial score (nSPS) is 19.1. The van der Waals surface area contributed by atoms with Gasteiger partial charge in [-0.25, -0.2) is 9.78 Å². The molecule has 1 fully saturated rings. The molecule has 6 heteroatoms. The fraction of sp³-hybridized carbons (Fsp3) is 0.318. The molecule has 0 radical (unpaired) electrons. The van der Waals surface area contributed by atoms with Gasteiger partial charge in [-0.1, -0.05) is 30.3 Å². The summed E-state index contributed by atoms with van der Waals surface area (Å²) in [6, 6.07) is 15.2. The first-order valence-electron chi connectivity index (χ1n) is 9.51. The van der Waals surface area contributed by atoms with Crippen LogP contribution in [0, 0.1) is 0 Å². The van der Waals surface area contributed by atoms with E-state index in [-0.39, 0.29) is 17.8 Å². The molecule has 28 heavy (non-hydrogen) atoms. The first-order valence-corrected chi connectivity index (χ1v) is 9.51.